The first kappa shape index (κ1) is 26.6. The predicted molar refractivity (Wildman–Crippen MR) is 143 cm³/mol. The molecule has 0 bridgehead atoms. The predicted octanol–water partition coefficient (Wildman–Crippen LogP) is 2.48. The van der Waals surface area contributed by atoms with Crippen molar-refractivity contribution < 1.29 is 9.90 Å². The second-order valence-corrected chi connectivity index (χ2v) is 10.1. The highest BCUT2D eigenvalue weighted by atomic mass is 35.5. The van der Waals surface area contributed by atoms with Crippen molar-refractivity contribution in [1.82, 2.24) is 25.1 Å². The maximum Gasteiger partial charge on any atom is 0.273 e. The maximum absolute atomic E-state index is 12.0. The van der Waals surface area contributed by atoms with Crippen molar-refractivity contribution in [2.45, 2.75) is 51.2 Å². The highest BCUT2D eigenvalue weighted by Gasteiger charge is 2.35. The van der Waals surface area contributed by atoms with Gasteiger partial charge in [-0.05, 0) is 31.7 Å². The molecule has 2 fully saturated rings. The molecule has 0 aliphatic carbocycles. The number of aromatic nitrogens is 2. The number of nitrogens with two attached hydrogens (primary N) is 1. The summed E-state index contributed by atoms with van der Waals surface area (Å²) in [6.45, 7) is 8.82. The molecule has 9 nitrogen and oxygen atoms in total. The average molecular weight is 516 g/mol. The quantitative estimate of drug-likeness (QED) is 0.516. The molecule has 0 spiro atoms. The van der Waals surface area contributed by atoms with Gasteiger partial charge >= 0.3 is 0 Å². The van der Waals surface area contributed by atoms with E-state index in [2.05, 4.69) is 68.1 Å². The van der Waals surface area contributed by atoms with E-state index in [1.807, 2.05) is 0 Å². The van der Waals surface area contributed by atoms with E-state index >= 15 is 0 Å². The van der Waals surface area contributed by atoms with E-state index in [-0.39, 0.29) is 29.3 Å². The van der Waals surface area contributed by atoms with Gasteiger partial charge in [-0.3, -0.25) is 14.6 Å². The van der Waals surface area contributed by atoms with Crippen molar-refractivity contribution in [3.05, 3.63) is 46.2 Å². The first-order valence-corrected chi connectivity index (χ1v) is 13.2. The highest BCUT2D eigenvalue weighted by molar-refractivity contribution is 6.32. The van der Waals surface area contributed by atoms with E-state index in [1.165, 1.54) is 18.2 Å². The van der Waals surface area contributed by atoms with Gasteiger partial charge < -0.3 is 21.1 Å². The van der Waals surface area contributed by atoms with Crippen molar-refractivity contribution in [3.8, 4) is 0 Å². The van der Waals surface area contributed by atoms with Gasteiger partial charge in [-0.25, -0.2) is 9.97 Å². The number of piperidine rings is 1. The number of anilines is 2. The van der Waals surface area contributed by atoms with Crippen LogP contribution in [0.25, 0.3) is 0 Å². The normalized spacial score (nSPS) is 20.9. The number of aliphatic hydroxyl groups excluding tert-OH is 1. The number of nitrogens with one attached hydrogen (secondary N) is 1. The molecule has 0 unspecified atom stereocenters. The van der Waals surface area contributed by atoms with Crippen LogP contribution in [0.5, 0.6) is 0 Å². The number of amides is 1. The number of aryl methyl sites for hydroxylation is 1. The third-order valence-corrected chi connectivity index (χ3v) is 7.90. The van der Waals surface area contributed by atoms with E-state index in [4.69, 9.17) is 17.3 Å². The number of hydrogen-bond acceptors (Lipinski definition) is 8. The summed E-state index contributed by atoms with van der Waals surface area (Å²) in [5, 5.41) is 12.8. The molecule has 4 N–H and O–H groups in total. The molecule has 2 aliphatic heterocycles. The zero-order valence-electron chi connectivity index (χ0n) is 21.5. The van der Waals surface area contributed by atoms with Gasteiger partial charge in [-0.2, -0.15) is 0 Å². The summed E-state index contributed by atoms with van der Waals surface area (Å²) in [7, 11) is 1.52. The Labute approximate surface area is 218 Å². The first-order chi connectivity index (χ1) is 17.4. The second kappa shape index (κ2) is 11.7. The van der Waals surface area contributed by atoms with Crippen LogP contribution in [0.1, 0.15) is 53.8 Å². The van der Waals surface area contributed by atoms with Crippen molar-refractivity contribution in [3.63, 3.8) is 0 Å². The lowest BCUT2D eigenvalue weighted by Crippen LogP contribution is -2.58. The van der Waals surface area contributed by atoms with Crippen LogP contribution in [0.2, 0.25) is 5.15 Å². The summed E-state index contributed by atoms with van der Waals surface area (Å²) in [4.78, 5) is 27.8. The van der Waals surface area contributed by atoms with Crippen LogP contribution in [-0.4, -0.2) is 89.2 Å². The van der Waals surface area contributed by atoms with Crippen LogP contribution in [0.4, 0.5) is 11.6 Å². The number of piperazine rings is 1. The Bertz CT molecular complexity index is 1040. The Morgan fingerprint density at radius 1 is 1.19 bits per heavy atom. The minimum atomic E-state index is -0.401. The van der Waals surface area contributed by atoms with E-state index < -0.39 is 5.91 Å². The Morgan fingerprint density at radius 3 is 2.50 bits per heavy atom. The summed E-state index contributed by atoms with van der Waals surface area (Å²) in [6.07, 6.45) is 3.16. The number of nitrogens with zero attached hydrogens (tertiary/aromatic N) is 5. The molecule has 1 aromatic heterocycles. The zero-order chi connectivity index (χ0) is 25.8. The van der Waals surface area contributed by atoms with Crippen LogP contribution in [0.15, 0.2) is 24.3 Å². The lowest BCUT2D eigenvalue weighted by Gasteiger charge is -2.48. The van der Waals surface area contributed by atoms with Crippen LogP contribution < -0.4 is 16.0 Å². The van der Waals surface area contributed by atoms with Gasteiger partial charge in [0.1, 0.15) is 0 Å². The average Bonchev–Trinajstić information content (AvgIpc) is 2.91. The Morgan fingerprint density at radius 2 is 1.89 bits per heavy atom. The largest absolute Gasteiger partial charge is 0.394 e. The highest BCUT2D eigenvalue weighted by Crippen LogP contribution is 2.31. The van der Waals surface area contributed by atoms with Gasteiger partial charge in [0.25, 0.3) is 5.91 Å². The number of nitrogen functional groups attached to an aromatic ring is 1. The van der Waals surface area contributed by atoms with Crippen LogP contribution in [-0.2, 0) is 0 Å². The summed E-state index contributed by atoms with van der Waals surface area (Å²) >= 11 is 6.44. The third kappa shape index (κ3) is 5.59. The van der Waals surface area contributed by atoms with E-state index in [9.17, 15) is 9.90 Å². The molecule has 2 aliphatic rings. The van der Waals surface area contributed by atoms with Crippen LogP contribution in [0.3, 0.4) is 0 Å². The second-order valence-electron chi connectivity index (χ2n) is 9.77. The number of halogens is 1. The van der Waals surface area contributed by atoms with Gasteiger partial charge in [0.2, 0.25) is 0 Å². The fourth-order valence-corrected chi connectivity index (χ4v) is 5.81. The van der Waals surface area contributed by atoms with Crippen LogP contribution >= 0.6 is 11.6 Å². The van der Waals surface area contributed by atoms with Gasteiger partial charge in [-0.1, -0.05) is 48.4 Å². The maximum atomic E-state index is 12.0. The van der Waals surface area contributed by atoms with Gasteiger partial charge in [0, 0.05) is 51.9 Å². The lowest BCUT2D eigenvalue weighted by molar-refractivity contribution is 0.0356. The van der Waals surface area contributed by atoms with Crippen LogP contribution in [0, 0.1) is 6.92 Å². The molecule has 36 heavy (non-hydrogen) atoms. The Balaban J connectivity index is 1.40. The summed E-state index contributed by atoms with van der Waals surface area (Å²) in [5.41, 5.74) is 8.50. The topological polar surface area (TPSA) is 111 Å². The third-order valence-electron chi connectivity index (χ3n) is 7.65. The number of likely N-dealkylation sites (tertiary alicyclic amines) is 1. The van der Waals surface area contributed by atoms with Crippen molar-refractivity contribution in [1.29, 1.82) is 0 Å². The summed E-state index contributed by atoms with van der Waals surface area (Å²) in [6, 6.07) is 9.42. The van der Waals surface area contributed by atoms with E-state index in [1.54, 1.807) is 0 Å². The fraction of sp³-hybridized carbons (Fsp3) is 0.577. The van der Waals surface area contributed by atoms with Crippen molar-refractivity contribution in [2.24, 2.45) is 0 Å². The smallest absolute Gasteiger partial charge is 0.273 e. The van der Waals surface area contributed by atoms with E-state index in [0.29, 0.717) is 17.9 Å². The molecule has 2 saturated heterocycles. The Hall–Kier alpha value is -2.46. The molecule has 1 amide bonds. The SMILES string of the molecule is CC[C@H]1CN(c2nc(N)c(C(=O)NC)nc2Cl)CCN1C1CCN([C@H](CO)c2ccc(C)cc2)CC1. The summed E-state index contributed by atoms with van der Waals surface area (Å²) in [5.74, 6) is 0.226. The molecule has 2 atom stereocenters. The Kier molecular flexibility index (Phi) is 8.66. The molecule has 2 aromatic rings. The molecule has 0 saturated carbocycles. The minimum absolute atomic E-state index is 0.0503. The molecule has 3 heterocycles. The monoisotopic (exact) mass is 515 g/mol. The number of rotatable bonds is 7. The fourth-order valence-electron chi connectivity index (χ4n) is 5.56. The standard InChI is InChI=1S/C26H38ClN7O2/c1-4-19-15-33(25-23(27)30-22(24(28)31-25)26(36)29-3)13-14-34(19)20-9-11-32(12-10-20)21(16-35)18-7-5-17(2)6-8-18/h5-8,19-21,35H,4,9-16H2,1-3H3,(H2,28,31)(H,29,36)/t19-,21+/m0/s1. The zero-order valence-corrected chi connectivity index (χ0v) is 22.2. The lowest BCUT2D eigenvalue weighted by atomic mass is 9.95. The summed E-state index contributed by atoms with van der Waals surface area (Å²) < 4.78 is 0. The minimum Gasteiger partial charge on any atom is -0.394 e. The van der Waals surface area contributed by atoms with Gasteiger partial charge in [0.15, 0.2) is 22.5 Å². The molecule has 196 valence electrons. The van der Waals surface area contributed by atoms with E-state index in [0.717, 1.165) is 52.0 Å². The molecule has 0 radical (unpaired) electrons. The van der Waals surface area contributed by atoms with Gasteiger partial charge in [0.05, 0.1) is 12.6 Å². The number of benzene rings is 1. The number of hydrogen-bond donors (Lipinski definition) is 3. The molecular formula is C26H38ClN7O2. The van der Waals surface area contributed by atoms with Gasteiger partial charge in [-0.15, -0.1) is 0 Å². The number of aliphatic hydroxyl groups is 1. The van der Waals surface area contributed by atoms with Crippen molar-refractivity contribution >= 4 is 29.1 Å². The number of carbonyl (C=O) groups is 1. The molecule has 4 rings (SSSR count). The molecule has 1 aromatic carbocycles. The molecular weight excluding hydrogens is 478 g/mol. The number of carbonyl (C=O) groups excluding carboxylic acids is 1. The van der Waals surface area contributed by atoms with Crippen molar-refractivity contribution in [2.75, 3.05) is 57.0 Å². The molecule has 10 heteroatoms. The first-order valence-electron chi connectivity index (χ1n) is 12.8.